The number of imide groups is 1. The van der Waals surface area contributed by atoms with E-state index in [1.807, 2.05) is 0 Å². The summed E-state index contributed by atoms with van der Waals surface area (Å²) in [5, 5.41) is 0.401. The first kappa shape index (κ1) is 25.3. The van der Waals surface area contributed by atoms with Crippen molar-refractivity contribution < 1.29 is 18.7 Å². The summed E-state index contributed by atoms with van der Waals surface area (Å²) in [6, 6.07) is 14.6. The molecular formula is C24H14Br2Cl2FNO3S. The first-order chi connectivity index (χ1) is 16.2. The number of thioether (sulfide) groups is 1. The smallest absolute Gasteiger partial charge is 0.293 e. The van der Waals surface area contributed by atoms with Crippen LogP contribution in [0, 0.1) is 5.82 Å². The minimum Gasteiger partial charge on any atom is -0.487 e. The highest BCUT2D eigenvalue weighted by Gasteiger charge is 2.35. The third-order valence-electron chi connectivity index (χ3n) is 4.81. The third kappa shape index (κ3) is 5.86. The van der Waals surface area contributed by atoms with Crippen LogP contribution >= 0.6 is 66.8 Å². The van der Waals surface area contributed by atoms with E-state index in [0.29, 0.717) is 40.8 Å². The fourth-order valence-electron chi connectivity index (χ4n) is 3.15. The van der Waals surface area contributed by atoms with E-state index in [9.17, 15) is 14.0 Å². The molecule has 3 aromatic rings. The molecule has 0 aliphatic carbocycles. The molecule has 1 aliphatic heterocycles. The van der Waals surface area contributed by atoms with Crippen LogP contribution in [0.15, 0.2) is 68.4 Å². The van der Waals surface area contributed by atoms with E-state index in [1.165, 1.54) is 17.0 Å². The number of nitrogens with zero attached hydrogens (tertiary/aromatic N) is 1. The average molecular weight is 646 g/mol. The third-order valence-corrected chi connectivity index (χ3v) is 7.64. The molecule has 1 aliphatic rings. The van der Waals surface area contributed by atoms with Gasteiger partial charge < -0.3 is 4.74 Å². The monoisotopic (exact) mass is 643 g/mol. The number of rotatable bonds is 6. The van der Waals surface area contributed by atoms with Crippen molar-refractivity contribution in [3.8, 4) is 5.75 Å². The molecule has 0 atom stereocenters. The number of amides is 2. The van der Waals surface area contributed by atoms with Gasteiger partial charge in [-0.1, -0.05) is 41.4 Å². The topological polar surface area (TPSA) is 46.6 Å². The van der Waals surface area contributed by atoms with Gasteiger partial charge >= 0.3 is 0 Å². The minimum atomic E-state index is -0.384. The molecule has 0 aromatic heterocycles. The molecule has 0 saturated carbocycles. The van der Waals surface area contributed by atoms with E-state index in [1.54, 1.807) is 48.5 Å². The molecule has 1 saturated heterocycles. The molecule has 0 bridgehead atoms. The molecular weight excluding hydrogens is 632 g/mol. The second kappa shape index (κ2) is 10.8. The maximum Gasteiger partial charge on any atom is 0.293 e. The van der Waals surface area contributed by atoms with Crippen LogP contribution in [-0.2, 0) is 17.9 Å². The molecule has 0 radical (unpaired) electrons. The summed E-state index contributed by atoms with van der Waals surface area (Å²) in [4.78, 5) is 26.8. The lowest BCUT2D eigenvalue weighted by Crippen LogP contribution is -2.27. The van der Waals surface area contributed by atoms with Crippen LogP contribution in [0.5, 0.6) is 5.75 Å². The normalized spacial score (nSPS) is 14.9. The Morgan fingerprint density at radius 2 is 1.59 bits per heavy atom. The van der Waals surface area contributed by atoms with Crippen molar-refractivity contribution in [2.45, 2.75) is 13.2 Å². The van der Waals surface area contributed by atoms with Gasteiger partial charge in [-0.3, -0.25) is 14.5 Å². The lowest BCUT2D eigenvalue weighted by molar-refractivity contribution is -0.123. The molecule has 1 fully saturated rings. The maximum absolute atomic E-state index is 13.1. The lowest BCUT2D eigenvalue weighted by atomic mass is 10.2. The van der Waals surface area contributed by atoms with Gasteiger partial charge in [0.05, 0.1) is 30.4 Å². The maximum atomic E-state index is 13.1. The van der Waals surface area contributed by atoms with Gasteiger partial charge in [0.25, 0.3) is 11.1 Å². The van der Waals surface area contributed by atoms with Gasteiger partial charge in [-0.2, -0.15) is 0 Å². The van der Waals surface area contributed by atoms with E-state index in [-0.39, 0.29) is 30.1 Å². The van der Waals surface area contributed by atoms with Gasteiger partial charge in [0, 0.05) is 0 Å². The fourth-order valence-corrected chi connectivity index (χ4v) is 5.75. The summed E-state index contributed by atoms with van der Waals surface area (Å²) in [5.41, 5.74) is 2.22. The molecule has 34 heavy (non-hydrogen) atoms. The number of carbonyl (C=O) groups is 2. The molecule has 4 nitrogen and oxygen atoms in total. The zero-order chi connectivity index (χ0) is 24.4. The largest absolute Gasteiger partial charge is 0.487 e. The molecule has 0 N–H and O–H groups in total. The van der Waals surface area contributed by atoms with Gasteiger partial charge in [-0.05, 0) is 103 Å². The van der Waals surface area contributed by atoms with Crippen molar-refractivity contribution >= 4 is 84.0 Å². The zero-order valence-corrected chi connectivity index (χ0v) is 22.7. The van der Waals surface area contributed by atoms with Gasteiger partial charge in [0.15, 0.2) is 0 Å². The quantitative estimate of drug-likeness (QED) is 0.252. The van der Waals surface area contributed by atoms with Crippen LogP contribution < -0.4 is 4.74 Å². The van der Waals surface area contributed by atoms with Crippen LogP contribution in [-0.4, -0.2) is 16.0 Å². The van der Waals surface area contributed by atoms with E-state index >= 15 is 0 Å². The Balaban J connectivity index is 1.49. The molecule has 2 amide bonds. The summed E-state index contributed by atoms with van der Waals surface area (Å²) in [6.45, 7) is 0.354. The van der Waals surface area contributed by atoms with Gasteiger partial charge in [-0.25, -0.2) is 4.39 Å². The molecule has 1 heterocycles. The lowest BCUT2D eigenvalue weighted by Gasteiger charge is -2.13. The first-order valence-electron chi connectivity index (χ1n) is 9.77. The summed E-state index contributed by atoms with van der Waals surface area (Å²) in [7, 11) is 0. The van der Waals surface area contributed by atoms with Gasteiger partial charge in [-0.15, -0.1) is 0 Å². The van der Waals surface area contributed by atoms with Crippen LogP contribution in [0.3, 0.4) is 0 Å². The molecule has 0 spiro atoms. The number of benzene rings is 3. The molecule has 0 unspecified atom stereocenters. The van der Waals surface area contributed by atoms with Crippen molar-refractivity contribution in [3.05, 3.63) is 101 Å². The van der Waals surface area contributed by atoms with Crippen molar-refractivity contribution in [1.82, 2.24) is 4.90 Å². The number of hydrogen-bond donors (Lipinski definition) is 0. The number of ether oxygens (including phenoxy) is 1. The highest BCUT2D eigenvalue weighted by atomic mass is 79.9. The Morgan fingerprint density at radius 3 is 2.24 bits per heavy atom. The van der Waals surface area contributed by atoms with Crippen molar-refractivity contribution in [3.63, 3.8) is 0 Å². The molecule has 10 heteroatoms. The van der Waals surface area contributed by atoms with Crippen LogP contribution in [0.25, 0.3) is 6.08 Å². The zero-order valence-electron chi connectivity index (χ0n) is 17.2. The number of carbonyl (C=O) groups excluding carboxylic acids is 2. The van der Waals surface area contributed by atoms with E-state index < -0.39 is 0 Å². The Labute approximate surface area is 226 Å². The second-order valence-corrected chi connectivity index (χ2v) is 10.8. The van der Waals surface area contributed by atoms with Gasteiger partial charge in [0.2, 0.25) is 0 Å². The fraction of sp³-hybridized carbons (Fsp3) is 0.0833. The highest BCUT2D eigenvalue weighted by molar-refractivity contribution is 9.11. The van der Waals surface area contributed by atoms with Crippen molar-refractivity contribution in [2.75, 3.05) is 0 Å². The van der Waals surface area contributed by atoms with Crippen molar-refractivity contribution in [2.24, 2.45) is 0 Å². The Kier molecular flexibility index (Phi) is 8.05. The Morgan fingerprint density at radius 1 is 0.941 bits per heavy atom. The summed E-state index contributed by atoms with van der Waals surface area (Å²) in [5.74, 6) is -0.129. The predicted octanol–water partition coefficient (Wildman–Crippen LogP) is 8.47. The summed E-state index contributed by atoms with van der Waals surface area (Å²) in [6.07, 6.45) is 1.65. The Bertz CT molecular complexity index is 1300. The molecule has 4 rings (SSSR count). The highest BCUT2D eigenvalue weighted by Crippen LogP contribution is 2.38. The minimum absolute atomic E-state index is 0.0997. The first-order valence-corrected chi connectivity index (χ1v) is 12.9. The van der Waals surface area contributed by atoms with Crippen molar-refractivity contribution in [1.29, 1.82) is 0 Å². The van der Waals surface area contributed by atoms with Gasteiger partial charge in [0.1, 0.15) is 18.2 Å². The van der Waals surface area contributed by atoms with E-state index in [2.05, 4.69) is 31.9 Å². The SMILES string of the molecule is O=C1S/C(=C/c2cc(Br)c(OCc3ccc(F)cc3)c(Br)c2)C(=O)N1Cc1ccc(Cl)c(Cl)c1. The summed E-state index contributed by atoms with van der Waals surface area (Å²) >= 11 is 19.8. The second-order valence-electron chi connectivity index (χ2n) is 7.25. The standard InChI is InChI=1S/C24H14Br2Cl2FNO3S/c25-17-7-15(8-18(26)22(17)33-12-13-1-4-16(29)5-2-13)10-21-23(31)30(24(32)34-21)11-14-3-6-19(27)20(28)9-14/h1-10H,11-12H2/b21-10+. The number of halogens is 5. The summed E-state index contributed by atoms with van der Waals surface area (Å²) < 4.78 is 20.3. The van der Waals surface area contributed by atoms with E-state index in [0.717, 1.165) is 17.3 Å². The number of hydrogen-bond acceptors (Lipinski definition) is 4. The van der Waals surface area contributed by atoms with E-state index in [4.69, 9.17) is 27.9 Å². The predicted molar refractivity (Wildman–Crippen MR) is 141 cm³/mol. The Hall–Kier alpha value is -1.84. The van der Waals surface area contributed by atoms with Crippen LogP contribution in [0.1, 0.15) is 16.7 Å². The molecule has 174 valence electrons. The average Bonchev–Trinajstić information content (AvgIpc) is 3.04. The van der Waals surface area contributed by atoms with Crippen LogP contribution in [0.2, 0.25) is 10.0 Å². The molecule has 3 aromatic carbocycles. The van der Waals surface area contributed by atoms with Crippen LogP contribution in [0.4, 0.5) is 9.18 Å².